The second-order valence-corrected chi connectivity index (χ2v) is 6.40. The monoisotopic (exact) mass is 237 g/mol. The molecule has 0 saturated heterocycles. The van der Waals surface area contributed by atoms with Crippen LogP contribution in [0.5, 0.6) is 0 Å². The van der Waals surface area contributed by atoms with E-state index in [0.717, 1.165) is 6.04 Å². The molecule has 0 aliphatic heterocycles. The van der Waals surface area contributed by atoms with Gasteiger partial charge in [0.2, 0.25) is 0 Å². The summed E-state index contributed by atoms with van der Waals surface area (Å²) in [5.41, 5.74) is 0.520. The quantitative estimate of drug-likeness (QED) is 0.813. The fourth-order valence-electron chi connectivity index (χ4n) is 4.48. The lowest BCUT2D eigenvalue weighted by atomic mass is 9.60. The summed E-state index contributed by atoms with van der Waals surface area (Å²) in [7, 11) is 2.13. The molecule has 2 unspecified atom stereocenters. The van der Waals surface area contributed by atoms with Crippen molar-refractivity contribution in [3.8, 4) is 0 Å². The van der Waals surface area contributed by atoms with Gasteiger partial charge in [-0.05, 0) is 39.2 Å². The Balaban J connectivity index is 1.60. The van der Waals surface area contributed by atoms with Gasteiger partial charge in [0.25, 0.3) is 0 Å². The molecule has 0 heterocycles. The van der Waals surface area contributed by atoms with Crippen LogP contribution in [0.25, 0.3) is 0 Å². The van der Waals surface area contributed by atoms with Crippen molar-refractivity contribution in [1.29, 1.82) is 0 Å². The Morgan fingerprint density at radius 3 is 2.35 bits per heavy atom. The van der Waals surface area contributed by atoms with E-state index >= 15 is 0 Å². The minimum atomic E-state index is 0.520. The van der Waals surface area contributed by atoms with E-state index in [9.17, 15) is 0 Å². The molecule has 3 rings (SSSR count). The molecule has 1 spiro atoms. The number of hydrogen-bond acceptors (Lipinski definition) is 2. The molecule has 2 atom stereocenters. The summed E-state index contributed by atoms with van der Waals surface area (Å²) in [4.78, 5) is 0. The lowest BCUT2D eigenvalue weighted by molar-refractivity contribution is -0.165. The highest BCUT2D eigenvalue weighted by molar-refractivity contribution is 5.09. The highest BCUT2D eigenvalue weighted by atomic mass is 16.5. The van der Waals surface area contributed by atoms with Crippen molar-refractivity contribution < 1.29 is 4.74 Å². The third-order valence-electron chi connectivity index (χ3n) is 5.58. The molecule has 3 fully saturated rings. The Hall–Kier alpha value is -0.0800. The van der Waals surface area contributed by atoms with Gasteiger partial charge in [0, 0.05) is 11.5 Å². The first-order chi connectivity index (χ1) is 8.35. The third kappa shape index (κ3) is 2.04. The van der Waals surface area contributed by atoms with Gasteiger partial charge < -0.3 is 10.1 Å². The minimum absolute atomic E-state index is 0.520. The molecular weight excluding hydrogens is 210 g/mol. The Bertz CT molecular complexity index is 254. The molecule has 3 aliphatic carbocycles. The maximum Gasteiger partial charge on any atom is 0.0665 e. The van der Waals surface area contributed by atoms with E-state index in [1.807, 2.05) is 0 Å². The fraction of sp³-hybridized carbons (Fsp3) is 1.00. The van der Waals surface area contributed by atoms with Gasteiger partial charge in [-0.3, -0.25) is 0 Å². The molecule has 0 aromatic heterocycles. The smallest absolute Gasteiger partial charge is 0.0665 e. The van der Waals surface area contributed by atoms with Crippen LogP contribution in [0, 0.1) is 5.41 Å². The molecule has 0 aromatic carbocycles. The molecule has 2 nitrogen and oxygen atoms in total. The zero-order chi connectivity index (χ0) is 11.7. The van der Waals surface area contributed by atoms with Crippen LogP contribution < -0.4 is 5.32 Å². The lowest BCUT2D eigenvalue weighted by Crippen LogP contribution is -2.62. The minimum Gasteiger partial charge on any atom is -0.374 e. The molecule has 0 aromatic rings. The van der Waals surface area contributed by atoms with E-state index < -0.39 is 0 Å². The highest BCUT2D eigenvalue weighted by Gasteiger charge is 2.56. The number of nitrogens with one attached hydrogen (secondary N) is 1. The predicted octanol–water partition coefficient (Wildman–Crippen LogP) is 3.26. The van der Waals surface area contributed by atoms with Gasteiger partial charge in [-0.2, -0.15) is 0 Å². The van der Waals surface area contributed by atoms with Crippen LogP contribution in [0.1, 0.15) is 64.2 Å². The largest absolute Gasteiger partial charge is 0.374 e. The number of ether oxygens (including phenoxy) is 1. The summed E-state index contributed by atoms with van der Waals surface area (Å²) in [6.45, 7) is 0. The number of hydrogen-bond donors (Lipinski definition) is 1. The van der Waals surface area contributed by atoms with E-state index in [0.29, 0.717) is 17.6 Å². The first kappa shape index (κ1) is 12.0. The topological polar surface area (TPSA) is 21.3 Å². The molecular formula is C15H27NO. The van der Waals surface area contributed by atoms with Crippen LogP contribution in [-0.2, 0) is 4.74 Å². The van der Waals surface area contributed by atoms with Crippen LogP contribution in [0.15, 0.2) is 0 Å². The highest BCUT2D eigenvalue weighted by Crippen LogP contribution is 2.55. The summed E-state index contributed by atoms with van der Waals surface area (Å²) >= 11 is 0. The SMILES string of the molecule is CNC1CC(OC2CCCCC2)C12CCCC2. The second-order valence-electron chi connectivity index (χ2n) is 6.40. The van der Waals surface area contributed by atoms with Crippen molar-refractivity contribution in [3.63, 3.8) is 0 Å². The van der Waals surface area contributed by atoms with Gasteiger partial charge >= 0.3 is 0 Å². The summed E-state index contributed by atoms with van der Waals surface area (Å²) in [5, 5.41) is 3.52. The fourth-order valence-corrected chi connectivity index (χ4v) is 4.48. The van der Waals surface area contributed by atoms with E-state index in [-0.39, 0.29) is 0 Å². The Kier molecular flexibility index (Phi) is 3.45. The van der Waals surface area contributed by atoms with E-state index in [4.69, 9.17) is 4.74 Å². The molecule has 0 amide bonds. The van der Waals surface area contributed by atoms with E-state index in [2.05, 4.69) is 12.4 Å². The van der Waals surface area contributed by atoms with E-state index in [1.54, 1.807) is 0 Å². The van der Waals surface area contributed by atoms with Crippen molar-refractivity contribution >= 4 is 0 Å². The van der Waals surface area contributed by atoms with Crippen molar-refractivity contribution in [2.45, 2.75) is 82.5 Å². The average molecular weight is 237 g/mol. The lowest BCUT2D eigenvalue weighted by Gasteiger charge is -2.55. The summed E-state index contributed by atoms with van der Waals surface area (Å²) in [5.74, 6) is 0. The zero-order valence-corrected chi connectivity index (χ0v) is 11.2. The van der Waals surface area contributed by atoms with Crippen LogP contribution in [-0.4, -0.2) is 25.3 Å². The van der Waals surface area contributed by atoms with E-state index in [1.165, 1.54) is 64.2 Å². The molecule has 0 bridgehead atoms. The molecule has 3 aliphatic rings. The predicted molar refractivity (Wildman–Crippen MR) is 70.1 cm³/mol. The van der Waals surface area contributed by atoms with Crippen LogP contribution in [0.4, 0.5) is 0 Å². The Morgan fingerprint density at radius 1 is 1.00 bits per heavy atom. The van der Waals surface area contributed by atoms with Gasteiger partial charge in [0.15, 0.2) is 0 Å². The standard InChI is InChI=1S/C15H27NO/c1-16-13-11-14(15(13)9-5-6-10-15)17-12-7-3-2-4-8-12/h12-14,16H,2-11H2,1H3. The van der Waals surface area contributed by atoms with Crippen molar-refractivity contribution in [1.82, 2.24) is 5.32 Å². The Morgan fingerprint density at radius 2 is 1.71 bits per heavy atom. The van der Waals surface area contributed by atoms with Crippen molar-refractivity contribution in [2.24, 2.45) is 5.41 Å². The van der Waals surface area contributed by atoms with Crippen LogP contribution in [0.2, 0.25) is 0 Å². The van der Waals surface area contributed by atoms with Gasteiger partial charge in [-0.15, -0.1) is 0 Å². The average Bonchev–Trinajstić information content (AvgIpc) is 2.87. The van der Waals surface area contributed by atoms with Crippen LogP contribution in [0.3, 0.4) is 0 Å². The third-order valence-corrected chi connectivity index (χ3v) is 5.58. The van der Waals surface area contributed by atoms with Crippen molar-refractivity contribution in [3.05, 3.63) is 0 Å². The summed E-state index contributed by atoms with van der Waals surface area (Å²) in [6.07, 6.45) is 14.9. The van der Waals surface area contributed by atoms with Crippen molar-refractivity contribution in [2.75, 3.05) is 7.05 Å². The van der Waals surface area contributed by atoms with Gasteiger partial charge in [0.1, 0.15) is 0 Å². The first-order valence-electron chi connectivity index (χ1n) is 7.68. The molecule has 2 heteroatoms. The van der Waals surface area contributed by atoms with Crippen LogP contribution >= 0.6 is 0 Å². The molecule has 3 saturated carbocycles. The maximum absolute atomic E-state index is 6.46. The molecule has 0 radical (unpaired) electrons. The number of rotatable bonds is 3. The van der Waals surface area contributed by atoms with Gasteiger partial charge in [0.05, 0.1) is 12.2 Å². The molecule has 98 valence electrons. The first-order valence-corrected chi connectivity index (χ1v) is 7.68. The second kappa shape index (κ2) is 4.89. The summed E-state index contributed by atoms with van der Waals surface area (Å²) < 4.78 is 6.46. The zero-order valence-electron chi connectivity index (χ0n) is 11.2. The molecule has 1 N–H and O–H groups in total. The normalized spacial score (nSPS) is 37.2. The van der Waals surface area contributed by atoms with Gasteiger partial charge in [-0.1, -0.05) is 32.1 Å². The summed E-state index contributed by atoms with van der Waals surface area (Å²) in [6, 6.07) is 0.735. The molecule has 17 heavy (non-hydrogen) atoms. The van der Waals surface area contributed by atoms with Gasteiger partial charge in [-0.25, -0.2) is 0 Å². The Labute approximate surface area is 105 Å². The maximum atomic E-state index is 6.46.